The lowest BCUT2D eigenvalue weighted by Crippen LogP contribution is -2.32. The highest BCUT2D eigenvalue weighted by atomic mass is 32.2. The van der Waals surface area contributed by atoms with Gasteiger partial charge in [0.2, 0.25) is 11.8 Å². The molecule has 1 aliphatic rings. The molecular formula is C21H20N5O4S-. The molecule has 3 rings (SSSR count). The van der Waals surface area contributed by atoms with Gasteiger partial charge in [-0.25, -0.2) is 4.90 Å². The van der Waals surface area contributed by atoms with E-state index in [1.165, 1.54) is 30.5 Å². The number of amidine groups is 1. The Morgan fingerprint density at radius 2 is 1.94 bits per heavy atom. The van der Waals surface area contributed by atoms with Crippen LogP contribution in [0.5, 0.6) is 0 Å². The zero-order valence-electron chi connectivity index (χ0n) is 16.9. The quantitative estimate of drug-likeness (QED) is 0.306. The number of thioether (sulfide) groups is 1. The van der Waals surface area contributed by atoms with E-state index in [0.717, 1.165) is 27.9 Å². The SMILES string of the molecule is CN(C)c1ccc(/C=N\N=C(N)S[C@@H]2CC(=O)N(c3cccc(C(=O)[O-])c3)C2=O)cc1. The molecule has 1 heterocycles. The smallest absolute Gasteiger partial charge is 0.247 e. The molecule has 0 radical (unpaired) electrons. The second-order valence-electron chi connectivity index (χ2n) is 6.88. The summed E-state index contributed by atoms with van der Waals surface area (Å²) in [6.45, 7) is 0. The van der Waals surface area contributed by atoms with Gasteiger partial charge in [0.25, 0.3) is 0 Å². The molecule has 1 atom stereocenters. The Morgan fingerprint density at radius 1 is 1.23 bits per heavy atom. The monoisotopic (exact) mass is 438 g/mol. The van der Waals surface area contributed by atoms with E-state index in [1.807, 2.05) is 43.3 Å². The first-order valence-electron chi connectivity index (χ1n) is 9.25. The minimum absolute atomic E-state index is 0.0395. The molecule has 2 N–H and O–H groups in total. The predicted octanol–water partition coefficient (Wildman–Crippen LogP) is 0.830. The van der Waals surface area contributed by atoms with Crippen molar-refractivity contribution in [3.05, 3.63) is 59.7 Å². The molecule has 1 aliphatic heterocycles. The number of anilines is 2. The topological polar surface area (TPSA) is 131 Å². The number of carboxylic acid groups (broad SMARTS) is 1. The van der Waals surface area contributed by atoms with Gasteiger partial charge in [0.05, 0.1) is 17.9 Å². The summed E-state index contributed by atoms with van der Waals surface area (Å²) in [5.41, 5.74) is 7.80. The lowest BCUT2D eigenvalue weighted by atomic mass is 10.2. The fourth-order valence-corrected chi connectivity index (χ4v) is 3.74. The van der Waals surface area contributed by atoms with Crippen LogP contribution in [0, 0.1) is 0 Å². The van der Waals surface area contributed by atoms with Crippen LogP contribution in [-0.2, 0) is 9.59 Å². The molecule has 1 fully saturated rings. The summed E-state index contributed by atoms with van der Waals surface area (Å²) in [6, 6.07) is 13.1. The fraction of sp³-hybridized carbons (Fsp3) is 0.190. The minimum Gasteiger partial charge on any atom is -0.545 e. The number of imide groups is 1. The molecule has 0 aromatic heterocycles. The first-order valence-corrected chi connectivity index (χ1v) is 10.1. The maximum Gasteiger partial charge on any atom is 0.247 e. The van der Waals surface area contributed by atoms with E-state index in [1.54, 1.807) is 0 Å². The standard InChI is InChI=1S/C21H21N5O4S/c1-25(2)15-8-6-13(7-9-15)12-23-24-21(22)31-17-11-18(27)26(19(17)28)16-5-3-4-14(10-16)20(29)30/h3-10,12,17H,11H2,1-2H3,(H2,22,24)(H,29,30)/p-1/b23-12-/t17-/m1/s1. The van der Waals surface area contributed by atoms with Crippen molar-refractivity contribution in [3.63, 3.8) is 0 Å². The van der Waals surface area contributed by atoms with Crippen LogP contribution in [0.25, 0.3) is 0 Å². The molecule has 0 saturated carbocycles. The van der Waals surface area contributed by atoms with Crippen LogP contribution < -0.4 is 20.6 Å². The number of carbonyl (C=O) groups is 3. The van der Waals surface area contributed by atoms with Crippen LogP contribution in [0.4, 0.5) is 11.4 Å². The largest absolute Gasteiger partial charge is 0.545 e. The number of amides is 2. The Bertz CT molecular complexity index is 1070. The van der Waals surface area contributed by atoms with Crippen molar-refractivity contribution in [3.8, 4) is 0 Å². The van der Waals surface area contributed by atoms with E-state index >= 15 is 0 Å². The molecule has 160 valence electrons. The van der Waals surface area contributed by atoms with Crippen molar-refractivity contribution < 1.29 is 19.5 Å². The van der Waals surface area contributed by atoms with Gasteiger partial charge in [-0.3, -0.25) is 9.59 Å². The number of benzene rings is 2. The molecule has 2 amide bonds. The maximum absolute atomic E-state index is 12.7. The second-order valence-corrected chi connectivity index (χ2v) is 8.11. The predicted molar refractivity (Wildman–Crippen MR) is 119 cm³/mol. The van der Waals surface area contributed by atoms with Gasteiger partial charge in [0.1, 0.15) is 5.25 Å². The van der Waals surface area contributed by atoms with Gasteiger partial charge in [0.15, 0.2) is 5.17 Å². The highest BCUT2D eigenvalue weighted by molar-refractivity contribution is 8.14. The Kier molecular flexibility index (Phi) is 6.71. The van der Waals surface area contributed by atoms with E-state index in [-0.39, 0.29) is 22.8 Å². The number of aromatic carboxylic acids is 1. The zero-order valence-corrected chi connectivity index (χ0v) is 17.7. The summed E-state index contributed by atoms with van der Waals surface area (Å²) >= 11 is 0.936. The van der Waals surface area contributed by atoms with E-state index in [4.69, 9.17) is 5.73 Å². The third-order valence-corrected chi connectivity index (χ3v) is 5.46. The minimum atomic E-state index is -1.39. The number of carboxylic acids is 1. The number of nitrogens with two attached hydrogens (primary N) is 1. The molecule has 0 unspecified atom stereocenters. The lowest BCUT2D eigenvalue weighted by Gasteiger charge is -2.16. The molecule has 31 heavy (non-hydrogen) atoms. The number of carbonyl (C=O) groups excluding carboxylic acids is 3. The van der Waals surface area contributed by atoms with Crippen molar-refractivity contribution in [1.29, 1.82) is 0 Å². The van der Waals surface area contributed by atoms with Crippen LogP contribution in [-0.4, -0.2) is 48.5 Å². The van der Waals surface area contributed by atoms with Crippen molar-refractivity contribution in [1.82, 2.24) is 0 Å². The molecular weight excluding hydrogens is 418 g/mol. The van der Waals surface area contributed by atoms with E-state index in [0.29, 0.717) is 0 Å². The summed E-state index contributed by atoms with van der Waals surface area (Å²) in [5, 5.41) is 18.1. The summed E-state index contributed by atoms with van der Waals surface area (Å²) in [5.74, 6) is -2.33. The normalized spacial score (nSPS) is 16.9. The first-order chi connectivity index (χ1) is 14.8. The van der Waals surface area contributed by atoms with Crippen LogP contribution in [0.3, 0.4) is 0 Å². The van der Waals surface area contributed by atoms with Crippen molar-refractivity contribution in [2.75, 3.05) is 23.9 Å². The molecule has 0 bridgehead atoms. The van der Waals surface area contributed by atoms with Gasteiger partial charge < -0.3 is 20.5 Å². The molecule has 9 nitrogen and oxygen atoms in total. The molecule has 0 spiro atoms. The fourth-order valence-electron chi connectivity index (χ4n) is 2.92. The molecule has 2 aromatic rings. The van der Waals surface area contributed by atoms with E-state index in [2.05, 4.69) is 10.2 Å². The van der Waals surface area contributed by atoms with Crippen molar-refractivity contribution >= 4 is 52.3 Å². The average Bonchev–Trinajstić information content (AvgIpc) is 3.01. The van der Waals surface area contributed by atoms with Gasteiger partial charge in [-0.15, -0.1) is 5.10 Å². The molecule has 10 heteroatoms. The Hall–Kier alpha value is -3.66. The molecule has 2 aromatic carbocycles. The van der Waals surface area contributed by atoms with Crippen LogP contribution in [0.1, 0.15) is 22.3 Å². The first kappa shape index (κ1) is 22.0. The van der Waals surface area contributed by atoms with Gasteiger partial charge in [-0.2, -0.15) is 5.10 Å². The van der Waals surface area contributed by atoms with E-state index in [9.17, 15) is 19.5 Å². The van der Waals surface area contributed by atoms with Gasteiger partial charge in [-0.1, -0.05) is 36.0 Å². The summed E-state index contributed by atoms with van der Waals surface area (Å²) in [7, 11) is 3.89. The van der Waals surface area contributed by atoms with Gasteiger partial charge in [-0.05, 0) is 35.4 Å². The second kappa shape index (κ2) is 9.43. The van der Waals surface area contributed by atoms with E-state index < -0.39 is 23.0 Å². The van der Waals surface area contributed by atoms with Gasteiger partial charge >= 0.3 is 0 Å². The van der Waals surface area contributed by atoms with Crippen LogP contribution >= 0.6 is 11.8 Å². The molecule has 1 saturated heterocycles. The Balaban J connectivity index is 1.65. The zero-order chi connectivity index (χ0) is 22.5. The summed E-state index contributed by atoms with van der Waals surface area (Å²) in [4.78, 5) is 39.0. The average molecular weight is 438 g/mol. The summed E-state index contributed by atoms with van der Waals surface area (Å²) < 4.78 is 0. The number of hydrogen-bond acceptors (Lipinski definition) is 8. The highest BCUT2D eigenvalue weighted by Gasteiger charge is 2.40. The highest BCUT2D eigenvalue weighted by Crippen LogP contribution is 2.30. The summed E-state index contributed by atoms with van der Waals surface area (Å²) in [6.07, 6.45) is 1.46. The van der Waals surface area contributed by atoms with Gasteiger partial charge in [0, 0.05) is 26.2 Å². The van der Waals surface area contributed by atoms with Crippen molar-refractivity contribution in [2.24, 2.45) is 15.9 Å². The maximum atomic E-state index is 12.7. The third-order valence-electron chi connectivity index (χ3n) is 4.48. The Morgan fingerprint density at radius 3 is 2.58 bits per heavy atom. The van der Waals surface area contributed by atoms with Crippen molar-refractivity contribution in [2.45, 2.75) is 11.7 Å². The number of nitrogens with zero attached hydrogens (tertiary/aromatic N) is 4. The Labute approximate surface area is 183 Å². The van der Waals surface area contributed by atoms with Crippen LogP contribution in [0.15, 0.2) is 58.7 Å². The van der Waals surface area contributed by atoms with Crippen LogP contribution in [0.2, 0.25) is 0 Å². The third kappa shape index (κ3) is 5.28. The lowest BCUT2D eigenvalue weighted by molar-refractivity contribution is -0.255. The number of rotatable bonds is 6. The number of hydrogen-bond donors (Lipinski definition) is 1. The molecule has 0 aliphatic carbocycles.